The smallest absolute Gasteiger partial charge is 0.338 e. The molecule has 0 radical (unpaired) electrons. The Morgan fingerprint density at radius 1 is 1.29 bits per heavy atom. The van der Waals surface area contributed by atoms with Gasteiger partial charge in [-0.05, 0) is 25.3 Å². The van der Waals surface area contributed by atoms with E-state index in [1.807, 2.05) is 34.6 Å². The molecule has 1 heterocycles. The highest BCUT2D eigenvalue weighted by Gasteiger charge is 2.26. The van der Waals surface area contributed by atoms with Gasteiger partial charge in [-0.25, -0.2) is 9.48 Å². The Labute approximate surface area is 162 Å². The van der Waals surface area contributed by atoms with Gasteiger partial charge in [0.1, 0.15) is 5.82 Å². The number of nitrogens with one attached hydrogen (secondary N) is 1. The predicted octanol–water partition coefficient (Wildman–Crippen LogP) is 3.47. The first-order valence-corrected chi connectivity index (χ1v) is 8.80. The van der Waals surface area contributed by atoms with Gasteiger partial charge in [-0.1, -0.05) is 26.8 Å². The van der Waals surface area contributed by atoms with E-state index in [2.05, 4.69) is 10.4 Å². The van der Waals surface area contributed by atoms with Crippen LogP contribution in [0.25, 0.3) is 0 Å². The van der Waals surface area contributed by atoms with Crippen LogP contribution in [0.1, 0.15) is 56.6 Å². The van der Waals surface area contributed by atoms with Crippen LogP contribution in [0, 0.1) is 10.1 Å². The van der Waals surface area contributed by atoms with Crippen LogP contribution in [0.4, 0.5) is 11.5 Å². The van der Waals surface area contributed by atoms with Crippen LogP contribution >= 0.6 is 0 Å². The Morgan fingerprint density at radius 3 is 2.54 bits per heavy atom. The molecular weight excluding hydrogens is 364 g/mol. The van der Waals surface area contributed by atoms with E-state index in [1.165, 1.54) is 18.2 Å². The lowest BCUT2D eigenvalue weighted by molar-refractivity contribution is -0.386. The maximum Gasteiger partial charge on any atom is 0.338 e. The summed E-state index contributed by atoms with van der Waals surface area (Å²) in [4.78, 5) is 35.1. The van der Waals surface area contributed by atoms with E-state index < -0.39 is 28.8 Å². The summed E-state index contributed by atoms with van der Waals surface area (Å²) in [7, 11) is 0. The number of nitro groups is 1. The first-order valence-electron chi connectivity index (χ1n) is 8.80. The van der Waals surface area contributed by atoms with Gasteiger partial charge in [0.25, 0.3) is 11.6 Å². The van der Waals surface area contributed by atoms with Crippen molar-refractivity contribution in [1.29, 1.82) is 0 Å². The second-order valence-corrected chi connectivity index (χ2v) is 7.62. The molecule has 1 aromatic heterocycles. The average molecular weight is 388 g/mol. The molecule has 9 heteroatoms. The average Bonchev–Trinajstić information content (AvgIpc) is 3.06. The number of benzene rings is 1. The highest BCUT2D eigenvalue weighted by atomic mass is 16.6. The van der Waals surface area contributed by atoms with Crippen LogP contribution in [0.2, 0.25) is 0 Å². The van der Waals surface area contributed by atoms with Crippen molar-refractivity contribution in [3.8, 4) is 0 Å². The molecule has 0 aliphatic heterocycles. The third kappa shape index (κ3) is 4.93. The molecule has 0 saturated carbocycles. The van der Waals surface area contributed by atoms with Gasteiger partial charge in [0, 0.05) is 23.7 Å². The fourth-order valence-electron chi connectivity index (χ4n) is 2.66. The molecule has 2 aromatic rings. The fraction of sp³-hybridized carbons (Fsp3) is 0.421. The van der Waals surface area contributed by atoms with E-state index in [0.29, 0.717) is 11.4 Å². The molecule has 0 atom stereocenters. The van der Waals surface area contributed by atoms with E-state index in [1.54, 1.807) is 16.9 Å². The first-order chi connectivity index (χ1) is 13.0. The van der Waals surface area contributed by atoms with E-state index in [9.17, 15) is 19.7 Å². The van der Waals surface area contributed by atoms with E-state index >= 15 is 0 Å². The Bertz CT molecular complexity index is 896. The van der Waals surface area contributed by atoms with Gasteiger partial charge in [0.2, 0.25) is 0 Å². The molecule has 0 saturated heterocycles. The Morgan fingerprint density at radius 2 is 1.96 bits per heavy atom. The second-order valence-electron chi connectivity index (χ2n) is 7.62. The maximum atomic E-state index is 12.2. The van der Waals surface area contributed by atoms with Gasteiger partial charge >= 0.3 is 5.97 Å². The van der Waals surface area contributed by atoms with E-state index in [4.69, 9.17) is 4.74 Å². The minimum atomic E-state index is -0.809. The minimum absolute atomic E-state index is 0.0136. The summed E-state index contributed by atoms with van der Waals surface area (Å²) >= 11 is 0. The third-order valence-electron chi connectivity index (χ3n) is 4.00. The van der Waals surface area contributed by atoms with Crippen molar-refractivity contribution in [2.75, 3.05) is 11.9 Å². The lowest BCUT2D eigenvalue weighted by Crippen LogP contribution is -2.23. The lowest BCUT2D eigenvalue weighted by Gasteiger charge is -2.19. The molecular formula is C19H24N4O5. The number of ether oxygens (including phenoxy) is 1. The molecule has 0 spiro atoms. The van der Waals surface area contributed by atoms with Crippen LogP contribution in [-0.4, -0.2) is 33.2 Å². The van der Waals surface area contributed by atoms with Crippen molar-refractivity contribution in [3.05, 3.63) is 51.7 Å². The number of esters is 1. The standard InChI is InChI=1S/C19H24N4O5/c1-12(2)22-16(8-9-20-22)21-17(24)11-28-18(25)13-6-7-14(19(3,4)5)15(10-13)23(26)27/h6-10,12H,11H2,1-5H3,(H,21,24). The third-order valence-corrected chi connectivity index (χ3v) is 4.00. The normalized spacial score (nSPS) is 11.4. The number of carbonyl (C=O) groups is 2. The van der Waals surface area contributed by atoms with Crippen LogP contribution in [-0.2, 0) is 14.9 Å². The molecule has 1 aromatic carbocycles. The lowest BCUT2D eigenvalue weighted by atomic mass is 9.85. The highest BCUT2D eigenvalue weighted by Crippen LogP contribution is 2.32. The largest absolute Gasteiger partial charge is 0.452 e. The Kier molecular flexibility index (Phi) is 6.17. The molecule has 150 valence electrons. The summed E-state index contributed by atoms with van der Waals surface area (Å²) in [5.41, 5.74) is -0.0925. The van der Waals surface area contributed by atoms with Crippen molar-refractivity contribution in [3.63, 3.8) is 0 Å². The molecule has 1 N–H and O–H groups in total. The molecule has 28 heavy (non-hydrogen) atoms. The van der Waals surface area contributed by atoms with Crippen LogP contribution < -0.4 is 5.32 Å². The fourth-order valence-corrected chi connectivity index (χ4v) is 2.66. The number of nitrogens with zero attached hydrogens (tertiary/aromatic N) is 3. The molecule has 1 amide bonds. The van der Waals surface area contributed by atoms with Gasteiger partial charge in [-0.2, -0.15) is 5.10 Å². The summed E-state index contributed by atoms with van der Waals surface area (Å²) in [6.07, 6.45) is 1.55. The number of rotatable bonds is 6. The number of amides is 1. The Hall–Kier alpha value is -3.23. The molecule has 2 rings (SSSR count). The van der Waals surface area contributed by atoms with Gasteiger partial charge in [-0.15, -0.1) is 0 Å². The highest BCUT2D eigenvalue weighted by molar-refractivity contribution is 5.95. The van der Waals surface area contributed by atoms with E-state index in [0.717, 1.165) is 0 Å². The number of carbonyl (C=O) groups excluding carboxylic acids is 2. The number of hydrogen-bond acceptors (Lipinski definition) is 6. The summed E-state index contributed by atoms with van der Waals surface area (Å²) in [6, 6.07) is 5.86. The summed E-state index contributed by atoms with van der Waals surface area (Å²) < 4.78 is 6.62. The monoisotopic (exact) mass is 388 g/mol. The molecule has 0 aliphatic rings. The topological polar surface area (TPSA) is 116 Å². The predicted molar refractivity (Wildman–Crippen MR) is 103 cm³/mol. The van der Waals surface area contributed by atoms with Crippen LogP contribution in [0.5, 0.6) is 0 Å². The Balaban J connectivity index is 2.06. The quantitative estimate of drug-likeness (QED) is 0.460. The molecule has 0 fully saturated rings. The first kappa shape index (κ1) is 21.1. The maximum absolute atomic E-state index is 12.2. The minimum Gasteiger partial charge on any atom is -0.452 e. The zero-order valence-corrected chi connectivity index (χ0v) is 16.6. The molecule has 9 nitrogen and oxygen atoms in total. The van der Waals surface area contributed by atoms with Gasteiger partial charge in [0.05, 0.1) is 16.7 Å². The van der Waals surface area contributed by atoms with Crippen molar-refractivity contribution in [1.82, 2.24) is 9.78 Å². The van der Waals surface area contributed by atoms with Crippen LogP contribution in [0.3, 0.4) is 0 Å². The number of anilines is 1. The van der Waals surface area contributed by atoms with Gasteiger partial charge < -0.3 is 10.1 Å². The molecule has 0 unspecified atom stereocenters. The van der Waals surface area contributed by atoms with Crippen molar-refractivity contribution >= 4 is 23.4 Å². The molecule has 0 aliphatic carbocycles. The van der Waals surface area contributed by atoms with Gasteiger partial charge in [0.15, 0.2) is 6.61 Å². The number of nitro benzene ring substituents is 1. The SMILES string of the molecule is CC(C)n1nccc1NC(=O)COC(=O)c1ccc(C(C)(C)C)c([N+](=O)[O-])c1. The van der Waals surface area contributed by atoms with Crippen molar-refractivity contribution < 1.29 is 19.2 Å². The summed E-state index contributed by atoms with van der Waals surface area (Å²) in [6.45, 7) is 8.85. The summed E-state index contributed by atoms with van der Waals surface area (Å²) in [5.74, 6) is -0.853. The number of aromatic nitrogens is 2. The zero-order chi connectivity index (χ0) is 21.1. The zero-order valence-electron chi connectivity index (χ0n) is 16.6. The van der Waals surface area contributed by atoms with E-state index in [-0.39, 0.29) is 17.3 Å². The van der Waals surface area contributed by atoms with Crippen LogP contribution in [0.15, 0.2) is 30.5 Å². The summed E-state index contributed by atoms with van der Waals surface area (Å²) in [5, 5.41) is 18.1. The van der Waals surface area contributed by atoms with Crippen molar-refractivity contribution in [2.24, 2.45) is 0 Å². The van der Waals surface area contributed by atoms with Crippen molar-refractivity contribution in [2.45, 2.75) is 46.1 Å². The van der Waals surface area contributed by atoms with Gasteiger partial charge in [-0.3, -0.25) is 14.9 Å². The second kappa shape index (κ2) is 8.20. The molecule has 0 bridgehead atoms. The number of hydrogen-bond donors (Lipinski definition) is 1.